The Bertz CT molecular complexity index is 629. The number of benzene rings is 1. The summed E-state index contributed by atoms with van der Waals surface area (Å²) in [5.41, 5.74) is 3.26. The molecule has 2 heterocycles. The predicted octanol–water partition coefficient (Wildman–Crippen LogP) is 1.52. The Kier molecular flexibility index (Phi) is 1.89. The second-order valence-corrected chi connectivity index (χ2v) is 3.47. The summed E-state index contributed by atoms with van der Waals surface area (Å²) in [5.74, 6) is 0. The molecule has 0 amide bonds. The molecule has 0 unspecified atom stereocenters. The lowest BCUT2D eigenvalue weighted by Gasteiger charge is -1.99. The first-order valence-electron chi connectivity index (χ1n) is 4.95. The molecule has 16 heavy (non-hydrogen) atoms. The van der Waals surface area contributed by atoms with Crippen LogP contribution in [0.2, 0.25) is 0 Å². The third-order valence-corrected chi connectivity index (χ3v) is 2.42. The molecular formula is C11H9N5. The average Bonchev–Trinajstić information content (AvgIpc) is 2.75. The molecular weight excluding hydrogens is 202 g/mol. The van der Waals surface area contributed by atoms with Crippen LogP contribution in [0.4, 0.5) is 0 Å². The maximum atomic E-state index is 4.21. The Morgan fingerprint density at radius 2 is 1.88 bits per heavy atom. The fraction of sp³-hybridized carbons (Fsp3) is 0.0909. The van der Waals surface area contributed by atoms with Crippen molar-refractivity contribution in [1.29, 1.82) is 0 Å². The largest absolute Gasteiger partial charge is 0.239 e. The lowest BCUT2D eigenvalue weighted by molar-refractivity contribution is 0.817. The third kappa shape index (κ3) is 1.25. The zero-order valence-electron chi connectivity index (χ0n) is 8.70. The average molecular weight is 211 g/mol. The first-order valence-corrected chi connectivity index (χ1v) is 4.95. The Hall–Kier alpha value is -2.30. The van der Waals surface area contributed by atoms with E-state index in [1.54, 1.807) is 4.68 Å². The molecule has 0 spiro atoms. The van der Waals surface area contributed by atoms with Gasteiger partial charge in [0.1, 0.15) is 6.33 Å². The zero-order chi connectivity index (χ0) is 11.0. The van der Waals surface area contributed by atoms with Crippen molar-refractivity contribution >= 4 is 11.2 Å². The van der Waals surface area contributed by atoms with E-state index in [0.717, 1.165) is 22.5 Å². The van der Waals surface area contributed by atoms with E-state index in [2.05, 4.69) is 20.3 Å². The number of para-hydroxylation sites is 1. The van der Waals surface area contributed by atoms with Crippen molar-refractivity contribution in [2.75, 3.05) is 0 Å². The Labute approximate surface area is 91.8 Å². The summed E-state index contributed by atoms with van der Waals surface area (Å²) >= 11 is 0. The SMILES string of the molecule is Cc1ncnc2c1nnn2-c1ccccc1. The van der Waals surface area contributed by atoms with E-state index in [0.29, 0.717) is 0 Å². The van der Waals surface area contributed by atoms with Crippen LogP contribution in [0.15, 0.2) is 36.7 Å². The van der Waals surface area contributed by atoms with Crippen molar-refractivity contribution in [3.05, 3.63) is 42.4 Å². The van der Waals surface area contributed by atoms with Gasteiger partial charge in [-0.3, -0.25) is 0 Å². The highest BCUT2D eigenvalue weighted by Crippen LogP contribution is 2.14. The van der Waals surface area contributed by atoms with Crippen LogP contribution in [-0.4, -0.2) is 25.0 Å². The fourth-order valence-corrected chi connectivity index (χ4v) is 1.60. The first-order chi connectivity index (χ1) is 7.86. The molecule has 78 valence electrons. The van der Waals surface area contributed by atoms with Crippen LogP contribution in [-0.2, 0) is 0 Å². The molecule has 5 heteroatoms. The van der Waals surface area contributed by atoms with Gasteiger partial charge in [0, 0.05) is 0 Å². The second-order valence-electron chi connectivity index (χ2n) is 3.47. The monoisotopic (exact) mass is 211 g/mol. The lowest BCUT2D eigenvalue weighted by Crippen LogP contribution is -1.97. The minimum absolute atomic E-state index is 0.735. The Balaban J connectivity index is 2.30. The van der Waals surface area contributed by atoms with Gasteiger partial charge in [0.25, 0.3) is 0 Å². The number of hydrogen-bond donors (Lipinski definition) is 0. The van der Waals surface area contributed by atoms with Gasteiger partial charge in [0.05, 0.1) is 11.4 Å². The van der Waals surface area contributed by atoms with E-state index in [9.17, 15) is 0 Å². The molecule has 0 aliphatic rings. The highest BCUT2D eigenvalue weighted by molar-refractivity contribution is 5.73. The first kappa shape index (κ1) is 8.96. The summed E-state index contributed by atoms with van der Waals surface area (Å²) in [5, 5.41) is 8.17. The molecule has 0 N–H and O–H groups in total. The van der Waals surface area contributed by atoms with Crippen LogP contribution in [0.1, 0.15) is 5.69 Å². The fourth-order valence-electron chi connectivity index (χ4n) is 1.60. The molecule has 3 rings (SSSR count). The third-order valence-electron chi connectivity index (χ3n) is 2.42. The molecule has 0 fully saturated rings. The molecule has 2 aromatic heterocycles. The Morgan fingerprint density at radius 1 is 1.06 bits per heavy atom. The molecule has 5 nitrogen and oxygen atoms in total. The molecule has 0 aliphatic heterocycles. The summed E-state index contributed by atoms with van der Waals surface area (Å²) in [6.45, 7) is 1.90. The number of aromatic nitrogens is 5. The van der Waals surface area contributed by atoms with Gasteiger partial charge >= 0.3 is 0 Å². The van der Waals surface area contributed by atoms with Crippen molar-refractivity contribution in [1.82, 2.24) is 25.0 Å². The molecule has 0 atom stereocenters. The van der Waals surface area contributed by atoms with Crippen molar-refractivity contribution in [3.63, 3.8) is 0 Å². The molecule has 0 bridgehead atoms. The van der Waals surface area contributed by atoms with Crippen LogP contribution < -0.4 is 0 Å². The number of fused-ring (bicyclic) bond motifs is 1. The van der Waals surface area contributed by atoms with Gasteiger partial charge in [-0.05, 0) is 19.1 Å². The van der Waals surface area contributed by atoms with Crippen molar-refractivity contribution in [2.24, 2.45) is 0 Å². The van der Waals surface area contributed by atoms with Gasteiger partial charge in [0.2, 0.25) is 0 Å². The topological polar surface area (TPSA) is 56.5 Å². The summed E-state index contributed by atoms with van der Waals surface area (Å²) in [6.07, 6.45) is 1.53. The zero-order valence-corrected chi connectivity index (χ0v) is 8.70. The van der Waals surface area contributed by atoms with Gasteiger partial charge in [-0.2, -0.15) is 4.68 Å². The van der Waals surface area contributed by atoms with Crippen molar-refractivity contribution < 1.29 is 0 Å². The van der Waals surface area contributed by atoms with Gasteiger partial charge in [0.15, 0.2) is 11.2 Å². The van der Waals surface area contributed by atoms with Crippen molar-refractivity contribution in [3.8, 4) is 5.69 Å². The van der Waals surface area contributed by atoms with E-state index >= 15 is 0 Å². The quantitative estimate of drug-likeness (QED) is 0.612. The minimum Gasteiger partial charge on any atom is -0.239 e. The summed E-state index contributed by atoms with van der Waals surface area (Å²) in [7, 11) is 0. The van der Waals surface area contributed by atoms with E-state index in [4.69, 9.17) is 0 Å². The highest BCUT2D eigenvalue weighted by atomic mass is 15.4. The molecule has 0 aliphatic carbocycles. The molecule has 3 aromatic rings. The van der Waals surface area contributed by atoms with Crippen LogP contribution >= 0.6 is 0 Å². The van der Waals surface area contributed by atoms with Crippen LogP contribution in [0.25, 0.3) is 16.9 Å². The second kappa shape index (κ2) is 3.37. The van der Waals surface area contributed by atoms with Gasteiger partial charge in [-0.25, -0.2) is 9.97 Å². The van der Waals surface area contributed by atoms with Gasteiger partial charge in [-0.15, -0.1) is 5.10 Å². The minimum atomic E-state index is 0.735. The number of aryl methyl sites for hydroxylation is 1. The van der Waals surface area contributed by atoms with Crippen LogP contribution in [0, 0.1) is 6.92 Å². The lowest BCUT2D eigenvalue weighted by atomic mass is 10.3. The van der Waals surface area contributed by atoms with Crippen LogP contribution in [0.3, 0.4) is 0 Å². The van der Waals surface area contributed by atoms with Gasteiger partial charge in [-0.1, -0.05) is 23.4 Å². The molecule has 0 saturated carbocycles. The van der Waals surface area contributed by atoms with Gasteiger partial charge < -0.3 is 0 Å². The normalized spacial score (nSPS) is 10.8. The molecule has 1 aromatic carbocycles. The van der Waals surface area contributed by atoms with E-state index < -0.39 is 0 Å². The summed E-state index contributed by atoms with van der Waals surface area (Å²) in [4.78, 5) is 8.29. The number of rotatable bonds is 1. The van der Waals surface area contributed by atoms with E-state index in [-0.39, 0.29) is 0 Å². The summed E-state index contributed by atoms with van der Waals surface area (Å²) < 4.78 is 1.71. The molecule has 0 saturated heterocycles. The predicted molar refractivity (Wildman–Crippen MR) is 59.2 cm³/mol. The summed E-state index contributed by atoms with van der Waals surface area (Å²) in [6, 6.07) is 9.80. The van der Waals surface area contributed by atoms with E-state index in [1.807, 2.05) is 37.3 Å². The number of hydrogen-bond acceptors (Lipinski definition) is 4. The number of nitrogens with zero attached hydrogens (tertiary/aromatic N) is 5. The standard InChI is InChI=1S/C11H9N5/c1-8-10-11(13-7-12-8)16(15-14-10)9-5-3-2-4-6-9/h2-7H,1H3. The smallest absolute Gasteiger partial charge is 0.187 e. The van der Waals surface area contributed by atoms with Crippen molar-refractivity contribution in [2.45, 2.75) is 6.92 Å². The van der Waals surface area contributed by atoms with Crippen LogP contribution in [0.5, 0.6) is 0 Å². The maximum Gasteiger partial charge on any atom is 0.187 e. The molecule has 0 radical (unpaired) electrons. The Morgan fingerprint density at radius 3 is 2.69 bits per heavy atom. The highest BCUT2D eigenvalue weighted by Gasteiger charge is 2.09. The van der Waals surface area contributed by atoms with E-state index in [1.165, 1.54) is 6.33 Å². The maximum absolute atomic E-state index is 4.21.